The van der Waals surface area contributed by atoms with Gasteiger partial charge in [0.05, 0.1) is 11.0 Å². The Morgan fingerprint density at radius 2 is 2.19 bits per heavy atom. The Morgan fingerprint density at radius 1 is 1.50 bits per heavy atom. The van der Waals surface area contributed by atoms with Gasteiger partial charge in [-0.25, -0.2) is 0 Å². The standard InChI is InChI=1S/C12H18N2OS/c1-12(2,14-5-3-4-6-14)11(15)7-10-8-13-9-16-10/h8-9H,3-7H2,1-2H3. The van der Waals surface area contributed by atoms with Gasteiger partial charge in [-0.15, -0.1) is 11.3 Å². The van der Waals surface area contributed by atoms with Gasteiger partial charge >= 0.3 is 0 Å². The van der Waals surface area contributed by atoms with Crippen molar-refractivity contribution in [3.8, 4) is 0 Å². The first-order chi connectivity index (χ1) is 7.60. The van der Waals surface area contributed by atoms with Crippen LogP contribution in [0.5, 0.6) is 0 Å². The van der Waals surface area contributed by atoms with Crippen molar-refractivity contribution in [2.24, 2.45) is 0 Å². The molecule has 0 atom stereocenters. The average molecular weight is 238 g/mol. The van der Waals surface area contributed by atoms with Crippen molar-refractivity contribution in [3.05, 3.63) is 16.6 Å². The topological polar surface area (TPSA) is 33.2 Å². The van der Waals surface area contributed by atoms with Gasteiger partial charge in [0.25, 0.3) is 0 Å². The lowest BCUT2D eigenvalue weighted by Crippen LogP contribution is -2.49. The van der Waals surface area contributed by atoms with Gasteiger partial charge in [-0.05, 0) is 39.8 Å². The fourth-order valence-electron chi connectivity index (χ4n) is 2.16. The van der Waals surface area contributed by atoms with E-state index in [9.17, 15) is 4.79 Å². The molecule has 1 fully saturated rings. The van der Waals surface area contributed by atoms with Crippen LogP contribution in [0.2, 0.25) is 0 Å². The highest BCUT2D eigenvalue weighted by Gasteiger charge is 2.35. The highest BCUT2D eigenvalue weighted by molar-refractivity contribution is 7.09. The van der Waals surface area contributed by atoms with E-state index in [2.05, 4.69) is 9.88 Å². The molecule has 0 saturated carbocycles. The van der Waals surface area contributed by atoms with Crippen LogP contribution in [0.1, 0.15) is 31.6 Å². The van der Waals surface area contributed by atoms with Crippen molar-refractivity contribution in [1.29, 1.82) is 0 Å². The predicted octanol–water partition coefficient (Wildman–Crippen LogP) is 2.13. The molecule has 1 aromatic rings. The first-order valence-corrected chi connectivity index (χ1v) is 6.64. The molecule has 0 amide bonds. The van der Waals surface area contributed by atoms with Crippen molar-refractivity contribution < 1.29 is 4.79 Å². The fraction of sp³-hybridized carbons (Fsp3) is 0.667. The summed E-state index contributed by atoms with van der Waals surface area (Å²) < 4.78 is 0. The van der Waals surface area contributed by atoms with E-state index in [1.807, 2.05) is 13.8 Å². The quantitative estimate of drug-likeness (QED) is 0.805. The average Bonchev–Trinajstić information content (AvgIpc) is 2.89. The van der Waals surface area contributed by atoms with E-state index in [4.69, 9.17) is 0 Å². The number of carbonyl (C=O) groups excluding carboxylic acids is 1. The monoisotopic (exact) mass is 238 g/mol. The van der Waals surface area contributed by atoms with Gasteiger partial charge in [0.2, 0.25) is 0 Å². The summed E-state index contributed by atoms with van der Waals surface area (Å²) in [6, 6.07) is 0. The van der Waals surface area contributed by atoms with Gasteiger partial charge in [-0.2, -0.15) is 0 Å². The number of rotatable bonds is 4. The molecule has 1 aromatic heterocycles. The molecule has 3 nitrogen and oxygen atoms in total. The lowest BCUT2D eigenvalue weighted by Gasteiger charge is -2.33. The van der Waals surface area contributed by atoms with E-state index < -0.39 is 0 Å². The number of aromatic nitrogens is 1. The Hall–Kier alpha value is -0.740. The van der Waals surface area contributed by atoms with Crippen LogP contribution in [-0.2, 0) is 11.2 Å². The molecule has 2 rings (SSSR count). The van der Waals surface area contributed by atoms with E-state index in [1.165, 1.54) is 12.8 Å². The smallest absolute Gasteiger partial charge is 0.157 e. The first kappa shape index (κ1) is 11.7. The summed E-state index contributed by atoms with van der Waals surface area (Å²) in [6.45, 7) is 6.20. The maximum absolute atomic E-state index is 12.3. The number of Topliss-reactive ketones (excluding diaryl/α,β-unsaturated/α-hetero) is 1. The van der Waals surface area contributed by atoms with Crippen LogP contribution >= 0.6 is 11.3 Å². The number of hydrogen-bond acceptors (Lipinski definition) is 4. The second kappa shape index (κ2) is 4.63. The number of likely N-dealkylation sites (tertiary alicyclic amines) is 1. The molecule has 88 valence electrons. The third-order valence-corrected chi connectivity index (χ3v) is 4.18. The lowest BCUT2D eigenvalue weighted by atomic mass is 9.94. The summed E-state index contributed by atoms with van der Waals surface area (Å²) in [4.78, 5) is 19.6. The minimum Gasteiger partial charge on any atom is -0.297 e. The zero-order chi connectivity index (χ0) is 11.6. The van der Waals surface area contributed by atoms with Crippen molar-refractivity contribution in [2.75, 3.05) is 13.1 Å². The summed E-state index contributed by atoms with van der Waals surface area (Å²) in [5.74, 6) is 0.304. The molecule has 0 spiro atoms. The van der Waals surface area contributed by atoms with Gasteiger partial charge in [0.15, 0.2) is 5.78 Å². The number of ketones is 1. The number of hydrogen-bond donors (Lipinski definition) is 0. The third kappa shape index (κ3) is 2.33. The summed E-state index contributed by atoms with van der Waals surface area (Å²) in [5, 5.41) is 0. The molecule has 0 bridgehead atoms. The molecule has 16 heavy (non-hydrogen) atoms. The van der Waals surface area contributed by atoms with Gasteiger partial charge in [-0.3, -0.25) is 14.7 Å². The van der Waals surface area contributed by atoms with Crippen LogP contribution in [0.3, 0.4) is 0 Å². The Labute approximate surface area is 100 Å². The summed E-state index contributed by atoms with van der Waals surface area (Å²) in [5.41, 5.74) is 1.46. The van der Waals surface area contributed by atoms with Gasteiger partial charge < -0.3 is 0 Å². The SMILES string of the molecule is CC(C)(C(=O)Cc1cncs1)N1CCCC1. The first-order valence-electron chi connectivity index (χ1n) is 5.76. The highest BCUT2D eigenvalue weighted by atomic mass is 32.1. The second-order valence-electron chi connectivity index (χ2n) is 4.82. The van der Waals surface area contributed by atoms with E-state index in [-0.39, 0.29) is 5.54 Å². The highest BCUT2D eigenvalue weighted by Crippen LogP contribution is 2.23. The van der Waals surface area contributed by atoms with Crippen molar-refractivity contribution in [2.45, 2.75) is 38.6 Å². The molecule has 0 N–H and O–H groups in total. The Morgan fingerprint density at radius 3 is 2.75 bits per heavy atom. The van der Waals surface area contributed by atoms with E-state index in [0.717, 1.165) is 18.0 Å². The van der Waals surface area contributed by atoms with Crippen LogP contribution in [-0.4, -0.2) is 34.3 Å². The zero-order valence-corrected chi connectivity index (χ0v) is 10.7. The van der Waals surface area contributed by atoms with Gasteiger partial charge in [0.1, 0.15) is 0 Å². The van der Waals surface area contributed by atoms with Crippen LogP contribution in [0, 0.1) is 0 Å². The van der Waals surface area contributed by atoms with Crippen LogP contribution in [0.25, 0.3) is 0 Å². The Balaban J connectivity index is 2.02. The van der Waals surface area contributed by atoms with Crippen molar-refractivity contribution >= 4 is 17.1 Å². The molecule has 1 aliphatic heterocycles. The molecule has 2 heterocycles. The van der Waals surface area contributed by atoms with Crippen LogP contribution in [0.15, 0.2) is 11.7 Å². The number of thiazole rings is 1. The summed E-state index contributed by atoms with van der Waals surface area (Å²) in [6.07, 6.45) is 4.76. The normalized spacial score (nSPS) is 17.9. The van der Waals surface area contributed by atoms with E-state index >= 15 is 0 Å². The molecule has 0 aromatic carbocycles. The molecular formula is C12H18N2OS. The van der Waals surface area contributed by atoms with Crippen molar-refractivity contribution in [1.82, 2.24) is 9.88 Å². The molecule has 0 unspecified atom stereocenters. The third-order valence-electron chi connectivity index (χ3n) is 3.40. The molecule has 4 heteroatoms. The predicted molar refractivity (Wildman–Crippen MR) is 65.7 cm³/mol. The lowest BCUT2D eigenvalue weighted by molar-refractivity contribution is -0.128. The van der Waals surface area contributed by atoms with Crippen LogP contribution < -0.4 is 0 Å². The second-order valence-corrected chi connectivity index (χ2v) is 5.79. The minimum absolute atomic E-state index is 0.304. The molecule has 1 aliphatic rings. The summed E-state index contributed by atoms with van der Waals surface area (Å²) >= 11 is 1.56. The van der Waals surface area contributed by atoms with Gasteiger partial charge in [-0.1, -0.05) is 0 Å². The molecule has 0 aliphatic carbocycles. The minimum atomic E-state index is -0.319. The zero-order valence-electron chi connectivity index (χ0n) is 9.90. The van der Waals surface area contributed by atoms with E-state index in [1.54, 1.807) is 23.0 Å². The summed E-state index contributed by atoms with van der Waals surface area (Å²) in [7, 11) is 0. The maximum Gasteiger partial charge on any atom is 0.157 e. The number of nitrogens with zero attached hydrogens (tertiary/aromatic N) is 2. The number of carbonyl (C=O) groups is 1. The van der Waals surface area contributed by atoms with Crippen LogP contribution in [0.4, 0.5) is 0 Å². The Kier molecular flexibility index (Phi) is 3.40. The largest absolute Gasteiger partial charge is 0.297 e. The molecular weight excluding hydrogens is 220 g/mol. The molecule has 0 radical (unpaired) electrons. The fourth-order valence-corrected chi connectivity index (χ4v) is 2.75. The Bertz CT molecular complexity index is 353. The molecule has 1 saturated heterocycles. The maximum atomic E-state index is 12.3. The van der Waals surface area contributed by atoms with E-state index in [0.29, 0.717) is 12.2 Å². The van der Waals surface area contributed by atoms with Crippen molar-refractivity contribution in [3.63, 3.8) is 0 Å². The van der Waals surface area contributed by atoms with Gasteiger partial charge in [0, 0.05) is 17.5 Å².